The summed E-state index contributed by atoms with van der Waals surface area (Å²) in [5, 5.41) is 6.81. The maximum Gasteiger partial charge on any atom is 0.187 e. The minimum absolute atomic E-state index is 0.645. The van der Waals surface area contributed by atoms with Crippen LogP contribution in [0.15, 0.2) is 41.9 Å². The van der Waals surface area contributed by atoms with Crippen molar-refractivity contribution in [3.63, 3.8) is 0 Å². The third-order valence-electron chi connectivity index (χ3n) is 4.07. The molecule has 0 amide bonds. The molecule has 4 aromatic rings. The van der Waals surface area contributed by atoms with Crippen LogP contribution in [0.3, 0.4) is 0 Å². The number of imidazole rings is 1. The Morgan fingerprint density at radius 3 is 2.65 bits per heavy atom. The van der Waals surface area contributed by atoms with Crippen molar-refractivity contribution in [3.05, 3.63) is 58.2 Å². The van der Waals surface area contributed by atoms with Crippen molar-refractivity contribution in [2.75, 3.05) is 12.4 Å². The predicted molar refractivity (Wildman–Crippen MR) is 107 cm³/mol. The molecule has 1 N–H and O–H groups in total. The molecule has 5 nitrogen and oxygen atoms in total. The summed E-state index contributed by atoms with van der Waals surface area (Å²) < 4.78 is 7.20. The van der Waals surface area contributed by atoms with Gasteiger partial charge in [-0.2, -0.15) is 0 Å². The molecule has 0 aliphatic heterocycles. The molecule has 0 unspecified atom stereocenters. The zero-order valence-corrected chi connectivity index (χ0v) is 16.1. The van der Waals surface area contributed by atoms with Gasteiger partial charge in [0.25, 0.3) is 0 Å². The number of anilines is 2. The third-order valence-corrected chi connectivity index (χ3v) is 5.11. The molecule has 1 aromatic carbocycles. The van der Waals surface area contributed by atoms with Crippen LogP contribution in [0.4, 0.5) is 10.8 Å². The fourth-order valence-corrected chi connectivity index (χ4v) is 3.91. The van der Waals surface area contributed by atoms with Crippen molar-refractivity contribution < 1.29 is 4.74 Å². The highest BCUT2D eigenvalue weighted by Gasteiger charge is 2.16. The van der Waals surface area contributed by atoms with E-state index in [0.29, 0.717) is 5.02 Å². The number of ether oxygens (including phenoxy) is 1. The van der Waals surface area contributed by atoms with Gasteiger partial charge < -0.3 is 10.1 Å². The van der Waals surface area contributed by atoms with Gasteiger partial charge in [0.15, 0.2) is 10.8 Å². The first-order valence-electron chi connectivity index (χ1n) is 8.07. The second-order valence-corrected chi connectivity index (χ2v) is 7.26. The van der Waals surface area contributed by atoms with Crippen LogP contribution in [0.5, 0.6) is 5.75 Å². The van der Waals surface area contributed by atoms with E-state index in [9.17, 15) is 0 Å². The molecule has 0 atom stereocenters. The van der Waals surface area contributed by atoms with Crippen LogP contribution in [0.2, 0.25) is 5.02 Å². The summed E-state index contributed by atoms with van der Waals surface area (Å²) >= 11 is 7.90. The van der Waals surface area contributed by atoms with Crippen molar-refractivity contribution in [1.29, 1.82) is 0 Å². The molecule has 0 bridgehead atoms. The molecule has 26 heavy (non-hydrogen) atoms. The molecule has 3 aromatic heterocycles. The van der Waals surface area contributed by atoms with E-state index in [1.807, 2.05) is 60.2 Å². The number of thiazole rings is 1. The van der Waals surface area contributed by atoms with E-state index in [2.05, 4.69) is 10.3 Å². The van der Waals surface area contributed by atoms with Crippen LogP contribution < -0.4 is 10.1 Å². The second kappa shape index (κ2) is 6.63. The number of aryl methyl sites for hydroxylation is 2. The largest absolute Gasteiger partial charge is 0.497 e. The molecule has 0 spiro atoms. The van der Waals surface area contributed by atoms with E-state index in [0.717, 1.165) is 44.9 Å². The highest BCUT2D eigenvalue weighted by molar-refractivity contribution is 7.14. The van der Waals surface area contributed by atoms with Gasteiger partial charge in [-0.1, -0.05) is 11.6 Å². The van der Waals surface area contributed by atoms with Gasteiger partial charge in [0.05, 0.1) is 23.5 Å². The van der Waals surface area contributed by atoms with E-state index in [-0.39, 0.29) is 0 Å². The van der Waals surface area contributed by atoms with E-state index in [1.54, 1.807) is 18.4 Å². The van der Waals surface area contributed by atoms with Gasteiger partial charge in [0.2, 0.25) is 0 Å². The van der Waals surface area contributed by atoms with Gasteiger partial charge in [0.1, 0.15) is 11.4 Å². The Hall–Kier alpha value is -2.57. The zero-order chi connectivity index (χ0) is 18.3. The average Bonchev–Trinajstić information content (AvgIpc) is 3.19. The lowest BCUT2D eigenvalue weighted by Gasteiger charge is -2.04. The Bertz CT molecular complexity index is 1090. The summed E-state index contributed by atoms with van der Waals surface area (Å²) in [6.45, 7) is 3.99. The lowest BCUT2D eigenvalue weighted by atomic mass is 10.2. The Morgan fingerprint density at radius 2 is 1.92 bits per heavy atom. The molecule has 4 rings (SSSR count). The highest BCUT2D eigenvalue weighted by atomic mass is 35.5. The molecule has 3 heterocycles. The van der Waals surface area contributed by atoms with Gasteiger partial charge in [-0.3, -0.25) is 4.40 Å². The molecular weight excluding hydrogens is 368 g/mol. The molecule has 0 radical (unpaired) electrons. The first kappa shape index (κ1) is 16.9. The van der Waals surface area contributed by atoms with Crippen LogP contribution >= 0.6 is 22.9 Å². The maximum atomic E-state index is 6.35. The lowest BCUT2D eigenvalue weighted by Crippen LogP contribution is -1.93. The van der Waals surface area contributed by atoms with Crippen LogP contribution in [0.25, 0.3) is 17.0 Å². The Balaban J connectivity index is 1.69. The van der Waals surface area contributed by atoms with Crippen LogP contribution in [-0.4, -0.2) is 21.5 Å². The predicted octanol–water partition coefficient (Wildman–Crippen LogP) is 5.48. The number of pyridine rings is 1. The van der Waals surface area contributed by atoms with Gasteiger partial charge in [-0.15, -0.1) is 11.3 Å². The number of methoxy groups -OCH3 is 1. The van der Waals surface area contributed by atoms with Crippen molar-refractivity contribution in [3.8, 4) is 17.1 Å². The number of halogens is 1. The van der Waals surface area contributed by atoms with Crippen LogP contribution in [-0.2, 0) is 0 Å². The summed E-state index contributed by atoms with van der Waals surface area (Å²) in [5.41, 5.74) is 5.52. The van der Waals surface area contributed by atoms with Crippen molar-refractivity contribution in [2.24, 2.45) is 0 Å². The second-order valence-electron chi connectivity index (χ2n) is 6.00. The number of hydrogen-bond acceptors (Lipinski definition) is 5. The zero-order valence-electron chi connectivity index (χ0n) is 14.6. The first-order valence-corrected chi connectivity index (χ1v) is 9.32. The molecule has 7 heteroatoms. The number of rotatable bonds is 4. The fourth-order valence-electron chi connectivity index (χ4n) is 2.89. The van der Waals surface area contributed by atoms with Gasteiger partial charge >= 0.3 is 0 Å². The number of nitrogens with zero attached hydrogens (tertiary/aromatic N) is 3. The third kappa shape index (κ3) is 3.02. The first-order chi connectivity index (χ1) is 12.5. The topological polar surface area (TPSA) is 51.5 Å². The highest BCUT2D eigenvalue weighted by Crippen LogP contribution is 2.32. The van der Waals surface area contributed by atoms with Crippen LogP contribution in [0, 0.1) is 13.8 Å². The molecule has 132 valence electrons. The quantitative estimate of drug-likeness (QED) is 0.506. The molecule has 0 saturated heterocycles. The molecule has 0 aliphatic rings. The molecular formula is C19H17ClN4OS. The van der Waals surface area contributed by atoms with Gasteiger partial charge in [-0.05, 0) is 49.7 Å². The van der Waals surface area contributed by atoms with Crippen LogP contribution in [0.1, 0.15) is 11.3 Å². The summed E-state index contributed by atoms with van der Waals surface area (Å²) in [5.74, 6) is 0.823. The lowest BCUT2D eigenvalue weighted by molar-refractivity contribution is 0.415. The van der Waals surface area contributed by atoms with Gasteiger partial charge in [0, 0.05) is 17.3 Å². The Labute approximate surface area is 160 Å². The summed E-state index contributed by atoms with van der Waals surface area (Å²) in [6.07, 6.45) is 2.03. The van der Waals surface area contributed by atoms with E-state index in [4.69, 9.17) is 21.3 Å². The molecule has 0 saturated carbocycles. The SMILES string of the molecule is COc1ccc(Nc2nc(-c3c(C)nc4c(Cl)cc(C)cn34)cs2)cc1. The number of hydrogen-bond donors (Lipinski definition) is 1. The maximum absolute atomic E-state index is 6.35. The average molecular weight is 385 g/mol. The monoisotopic (exact) mass is 384 g/mol. The Kier molecular flexibility index (Phi) is 4.30. The number of fused-ring (bicyclic) bond motifs is 1. The molecule has 0 fully saturated rings. The Morgan fingerprint density at radius 1 is 1.15 bits per heavy atom. The normalized spacial score (nSPS) is 11.1. The van der Waals surface area contributed by atoms with Gasteiger partial charge in [-0.25, -0.2) is 9.97 Å². The number of aromatic nitrogens is 3. The summed E-state index contributed by atoms with van der Waals surface area (Å²) in [6, 6.07) is 9.67. The number of nitrogens with one attached hydrogen (secondary N) is 1. The standard InChI is InChI=1S/C19H17ClN4OS/c1-11-8-15(20)18-21-12(2)17(24(18)9-11)16-10-26-19(23-16)22-13-4-6-14(25-3)7-5-13/h4-10H,1-3H3,(H,22,23). The fraction of sp³-hybridized carbons (Fsp3) is 0.158. The smallest absolute Gasteiger partial charge is 0.187 e. The number of benzene rings is 1. The van der Waals surface area contributed by atoms with Crippen molar-refractivity contribution in [2.45, 2.75) is 13.8 Å². The van der Waals surface area contributed by atoms with E-state index >= 15 is 0 Å². The minimum atomic E-state index is 0.645. The van der Waals surface area contributed by atoms with Crippen molar-refractivity contribution in [1.82, 2.24) is 14.4 Å². The summed E-state index contributed by atoms with van der Waals surface area (Å²) in [4.78, 5) is 9.34. The van der Waals surface area contributed by atoms with E-state index < -0.39 is 0 Å². The van der Waals surface area contributed by atoms with Crippen molar-refractivity contribution >= 4 is 39.4 Å². The minimum Gasteiger partial charge on any atom is -0.497 e. The molecule has 0 aliphatic carbocycles. The summed E-state index contributed by atoms with van der Waals surface area (Å²) in [7, 11) is 1.65. The van der Waals surface area contributed by atoms with E-state index in [1.165, 1.54) is 0 Å².